The van der Waals surface area contributed by atoms with Crippen molar-refractivity contribution >= 4 is 40.3 Å². The summed E-state index contributed by atoms with van der Waals surface area (Å²) >= 11 is 0.877. The van der Waals surface area contributed by atoms with Gasteiger partial charge in [0.2, 0.25) is 0 Å². The van der Waals surface area contributed by atoms with Gasteiger partial charge in [0.15, 0.2) is 6.61 Å². The minimum atomic E-state index is -0.949. The molecule has 0 unspecified atom stereocenters. The van der Waals surface area contributed by atoms with E-state index in [2.05, 4.69) is 16.2 Å². The molecule has 0 saturated heterocycles. The minimum absolute atomic E-state index is 0.0837. The quantitative estimate of drug-likeness (QED) is 0.461. The second-order valence-electron chi connectivity index (χ2n) is 6.21. The number of thioether (sulfide) groups is 1. The number of aryl methyl sites for hydroxylation is 2. The number of hydrazine groups is 1. The first-order valence-corrected chi connectivity index (χ1v) is 9.82. The van der Waals surface area contributed by atoms with Crippen LogP contribution < -0.4 is 20.9 Å². The summed E-state index contributed by atoms with van der Waals surface area (Å²) in [6.45, 7) is 3.81. The fourth-order valence-electron chi connectivity index (χ4n) is 2.33. The van der Waals surface area contributed by atoms with Crippen molar-refractivity contribution in [3.63, 3.8) is 0 Å². The van der Waals surface area contributed by atoms with Gasteiger partial charge in [-0.15, -0.1) is 0 Å². The standard InChI is InChI=1S/C20H23N3O5S/c1-13-3-8-17(14(2)11-13)28-12-18(24)21-15-4-6-16(7-5-15)22-23-20(27)29-10-9-19(25)26/h3-8,11,22H,9-10,12H2,1-2H3,(H,21,24)(H,23,27)(H,25,26). The lowest BCUT2D eigenvalue weighted by molar-refractivity contribution is -0.136. The maximum Gasteiger partial charge on any atom is 0.304 e. The summed E-state index contributed by atoms with van der Waals surface area (Å²) in [5.41, 5.74) is 8.47. The number of rotatable bonds is 9. The molecule has 2 aromatic rings. The highest BCUT2D eigenvalue weighted by atomic mass is 32.2. The van der Waals surface area contributed by atoms with Gasteiger partial charge in [0.1, 0.15) is 5.75 Å². The number of anilines is 2. The number of aliphatic carboxylic acids is 1. The van der Waals surface area contributed by atoms with Crippen LogP contribution in [0.2, 0.25) is 0 Å². The minimum Gasteiger partial charge on any atom is -0.483 e. The van der Waals surface area contributed by atoms with Crippen molar-refractivity contribution in [2.45, 2.75) is 20.3 Å². The van der Waals surface area contributed by atoms with Crippen molar-refractivity contribution in [1.29, 1.82) is 0 Å². The first-order chi connectivity index (χ1) is 13.8. The number of carbonyl (C=O) groups excluding carboxylic acids is 2. The molecule has 8 nitrogen and oxygen atoms in total. The van der Waals surface area contributed by atoms with E-state index in [4.69, 9.17) is 9.84 Å². The van der Waals surface area contributed by atoms with Crippen LogP contribution in [0.3, 0.4) is 0 Å². The first kappa shape index (κ1) is 22.1. The summed E-state index contributed by atoms with van der Waals surface area (Å²) in [6, 6.07) is 12.5. The lowest BCUT2D eigenvalue weighted by Gasteiger charge is -2.11. The predicted octanol–water partition coefficient (Wildman–Crippen LogP) is 3.57. The lowest BCUT2D eigenvalue weighted by Crippen LogP contribution is -2.26. The largest absolute Gasteiger partial charge is 0.483 e. The van der Waals surface area contributed by atoms with E-state index in [1.165, 1.54) is 0 Å². The zero-order chi connectivity index (χ0) is 21.2. The zero-order valence-electron chi connectivity index (χ0n) is 16.2. The van der Waals surface area contributed by atoms with Gasteiger partial charge in [-0.3, -0.25) is 25.2 Å². The average Bonchev–Trinajstić information content (AvgIpc) is 2.66. The molecule has 0 radical (unpaired) electrons. The van der Waals surface area contributed by atoms with E-state index >= 15 is 0 Å². The van der Waals surface area contributed by atoms with Crippen LogP contribution in [0.15, 0.2) is 42.5 Å². The van der Waals surface area contributed by atoms with E-state index in [1.54, 1.807) is 24.3 Å². The molecule has 0 bridgehead atoms. The smallest absolute Gasteiger partial charge is 0.304 e. The van der Waals surface area contributed by atoms with E-state index < -0.39 is 5.97 Å². The molecular weight excluding hydrogens is 394 g/mol. The van der Waals surface area contributed by atoms with Gasteiger partial charge in [0.05, 0.1) is 12.1 Å². The highest BCUT2D eigenvalue weighted by molar-refractivity contribution is 8.13. The van der Waals surface area contributed by atoms with Gasteiger partial charge in [-0.1, -0.05) is 29.5 Å². The van der Waals surface area contributed by atoms with Crippen LogP contribution in [0.1, 0.15) is 17.5 Å². The number of amides is 2. The number of hydrogen-bond donors (Lipinski definition) is 4. The topological polar surface area (TPSA) is 117 Å². The molecular formula is C20H23N3O5S. The molecule has 29 heavy (non-hydrogen) atoms. The molecule has 0 aliphatic rings. The molecule has 0 atom stereocenters. The lowest BCUT2D eigenvalue weighted by atomic mass is 10.1. The Morgan fingerprint density at radius 2 is 1.72 bits per heavy atom. The third-order valence-corrected chi connectivity index (χ3v) is 4.49. The van der Waals surface area contributed by atoms with Crippen LogP contribution in [0.25, 0.3) is 0 Å². The van der Waals surface area contributed by atoms with E-state index in [9.17, 15) is 14.4 Å². The molecule has 0 aliphatic heterocycles. The number of carboxylic acids is 1. The molecule has 2 rings (SSSR count). The molecule has 0 saturated carbocycles. The normalized spacial score (nSPS) is 10.1. The second-order valence-corrected chi connectivity index (χ2v) is 7.28. The number of carboxylic acid groups (broad SMARTS) is 1. The number of ether oxygens (including phenoxy) is 1. The monoisotopic (exact) mass is 417 g/mol. The Morgan fingerprint density at radius 1 is 1.03 bits per heavy atom. The van der Waals surface area contributed by atoms with Crippen molar-refractivity contribution in [2.24, 2.45) is 0 Å². The SMILES string of the molecule is Cc1ccc(OCC(=O)Nc2ccc(NNC(=O)SCCC(=O)O)cc2)c(C)c1. The van der Waals surface area contributed by atoms with Gasteiger partial charge in [0.25, 0.3) is 11.1 Å². The molecule has 0 spiro atoms. The molecule has 154 valence electrons. The third-order valence-electron chi connectivity index (χ3n) is 3.72. The van der Waals surface area contributed by atoms with Gasteiger partial charge >= 0.3 is 5.97 Å². The number of hydrogen-bond acceptors (Lipinski definition) is 6. The highest BCUT2D eigenvalue weighted by Gasteiger charge is 2.07. The van der Waals surface area contributed by atoms with Crippen molar-refractivity contribution in [1.82, 2.24) is 5.43 Å². The number of carbonyl (C=O) groups is 3. The highest BCUT2D eigenvalue weighted by Crippen LogP contribution is 2.19. The molecule has 2 amide bonds. The van der Waals surface area contributed by atoms with E-state index in [0.29, 0.717) is 17.1 Å². The van der Waals surface area contributed by atoms with Crippen LogP contribution in [-0.2, 0) is 9.59 Å². The molecule has 4 N–H and O–H groups in total. The summed E-state index contributed by atoms with van der Waals surface area (Å²) in [4.78, 5) is 34.0. The fraction of sp³-hybridized carbons (Fsp3) is 0.250. The van der Waals surface area contributed by atoms with E-state index in [-0.39, 0.29) is 29.9 Å². The summed E-state index contributed by atoms with van der Waals surface area (Å²) in [6.07, 6.45) is -0.0837. The molecule has 0 fully saturated rings. The van der Waals surface area contributed by atoms with E-state index in [1.807, 2.05) is 32.0 Å². The summed E-state index contributed by atoms with van der Waals surface area (Å²) in [7, 11) is 0. The van der Waals surface area contributed by atoms with Crippen LogP contribution in [0.4, 0.5) is 16.2 Å². The Labute approximate surface area is 173 Å². The third kappa shape index (κ3) is 8.14. The second kappa shape index (κ2) is 11.0. The van der Waals surface area contributed by atoms with Crippen molar-refractivity contribution in [3.8, 4) is 5.75 Å². The van der Waals surface area contributed by atoms with Gasteiger partial charge in [0, 0.05) is 11.4 Å². The van der Waals surface area contributed by atoms with Crippen LogP contribution >= 0.6 is 11.8 Å². The molecule has 0 heterocycles. The van der Waals surface area contributed by atoms with Gasteiger partial charge in [-0.2, -0.15) is 0 Å². The van der Waals surface area contributed by atoms with Crippen molar-refractivity contribution in [2.75, 3.05) is 23.1 Å². The molecule has 0 aliphatic carbocycles. The van der Waals surface area contributed by atoms with Crippen molar-refractivity contribution in [3.05, 3.63) is 53.6 Å². The van der Waals surface area contributed by atoms with Crippen molar-refractivity contribution < 1.29 is 24.2 Å². The molecule has 9 heteroatoms. The van der Waals surface area contributed by atoms with Gasteiger partial charge in [-0.05, 0) is 49.7 Å². The zero-order valence-corrected chi connectivity index (χ0v) is 17.0. The molecule has 0 aromatic heterocycles. The van der Waals surface area contributed by atoms with Crippen LogP contribution in [-0.4, -0.2) is 34.6 Å². The Balaban J connectivity index is 1.74. The Kier molecular flexibility index (Phi) is 8.35. The fourth-order valence-corrected chi connectivity index (χ4v) is 2.91. The Hall–Kier alpha value is -3.20. The average molecular weight is 417 g/mol. The molecule has 2 aromatic carbocycles. The Morgan fingerprint density at radius 3 is 2.38 bits per heavy atom. The number of nitrogens with one attached hydrogen (secondary N) is 3. The van der Waals surface area contributed by atoms with E-state index in [0.717, 1.165) is 22.9 Å². The van der Waals surface area contributed by atoms with Crippen LogP contribution in [0.5, 0.6) is 5.75 Å². The van der Waals surface area contributed by atoms with Crippen LogP contribution in [0, 0.1) is 13.8 Å². The predicted molar refractivity (Wildman–Crippen MR) is 113 cm³/mol. The maximum atomic E-state index is 12.1. The summed E-state index contributed by atoms with van der Waals surface area (Å²) < 4.78 is 5.55. The maximum absolute atomic E-state index is 12.1. The van der Waals surface area contributed by atoms with Gasteiger partial charge in [-0.25, -0.2) is 0 Å². The Bertz CT molecular complexity index is 871. The first-order valence-electron chi connectivity index (χ1n) is 8.84. The number of benzene rings is 2. The summed E-state index contributed by atoms with van der Waals surface area (Å²) in [5, 5.41) is 10.9. The van der Waals surface area contributed by atoms with Gasteiger partial charge < -0.3 is 15.2 Å². The summed E-state index contributed by atoms with van der Waals surface area (Å²) in [5.74, 6) is -0.371.